The molecule has 1 saturated heterocycles. The number of benzene rings is 1. The van der Waals surface area contributed by atoms with E-state index in [0.29, 0.717) is 22.3 Å². The largest absolute Gasteiger partial charge is 0.396 e. The van der Waals surface area contributed by atoms with Gasteiger partial charge in [-0.3, -0.25) is 0 Å². The van der Waals surface area contributed by atoms with E-state index in [2.05, 4.69) is 15.9 Å². The Labute approximate surface area is 119 Å². The molecule has 0 radical (unpaired) electrons. The third-order valence-electron chi connectivity index (χ3n) is 3.21. The van der Waals surface area contributed by atoms with Crippen LogP contribution in [0.1, 0.15) is 12.0 Å². The lowest BCUT2D eigenvalue weighted by Gasteiger charge is -2.20. The molecule has 1 heterocycles. The SMILES string of the molecule is NC(=S)c1ccc(N2CCC(CO)C2)c(F)c1Br. The quantitative estimate of drug-likeness (QED) is 0.832. The summed E-state index contributed by atoms with van der Waals surface area (Å²) in [5.74, 6) is -0.127. The maximum absolute atomic E-state index is 14.2. The lowest BCUT2D eigenvalue weighted by atomic mass is 10.1. The first-order valence-electron chi connectivity index (χ1n) is 5.68. The average Bonchev–Trinajstić information content (AvgIpc) is 2.80. The second-order valence-corrected chi connectivity index (χ2v) is 5.64. The third kappa shape index (κ3) is 2.50. The Morgan fingerprint density at radius 1 is 1.61 bits per heavy atom. The van der Waals surface area contributed by atoms with Crippen LogP contribution < -0.4 is 10.6 Å². The smallest absolute Gasteiger partial charge is 0.161 e. The van der Waals surface area contributed by atoms with Crippen LogP contribution in [0.5, 0.6) is 0 Å². The van der Waals surface area contributed by atoms with Crippen molar-refractivity contribution in [3.63, 3.8) is 0 Å². The van der Waals surface area contributed by atoms with Crippen LogP contribution in [-0.2, 0) is 0 Å². The first kappa shape index (κ1) is 13.7. The van der Waals surface area contributed by atoms with Crippen molar-refractivity contribution in [2.75, 3.05) is 24.6 Å². The van der Waals surface area contributed by atoms with Crippen LogP contribution in [0.4, 0.5) is 10.1 Å². The molecule has 6 heteroatoms. The van der Waals surface area contributed by atoms with Crippen molar-refractivity contribution in [3.05, 3.63) is 28.0 Å². The molecule has 2 rings (SSSR count). The van der Waals surface area contributed by atoms with Crippen molar-refractivity contribution in [1.82, 2.24) is 0 Å². The summed E-state index contributed by atoms with van der Waals surface area (Å²) < 4.78 is 14.5. The van der Waals surface area contributed by atoms with Crippen LogP contribution in [-0.4, -0.2) is 29.8 Å². The molecule has 0 spiro atoms. The Hall–Kier alpha value is -0.720. The van der Waals surface area contributed by atoms with E-state index in [1.807, 2.05) is 4.90 Å². The molecule has 1 aromatic carbocycles. The van der Waals surface area contributed by atoms with Gasteiger partial charge in [0.05, 0.1) is 10.2 Å². The van der Waals surface area contributed by atoms with Crippen molar-refractivity contribution >= 4 is 38.8 Å². The molecule has 1 aliphatic rings. The first-order chi connectivity index (χ1) is 8.54. The summed E-state index contributed by atoms with van der Waals surface area (Å²) in [6.45, 7) is 1.57. The minimum absolute atomic E-state index is 0.143. The number of thiocarbonyl (C=S) groups is 1. The fraction of sp³-hybridized carbons (Fsp3) is 0.417. The number of aliphatic hydroxyl groups is 1. The molecular formula is C12H14BrFN2OS. The number of hydrogen-bond donors (Lipinski definition) is 2. The standard InChI is InChI=1S/C12H14BrFN2OS/c13-10-8(12(15)18)1-2-9(11(10)14)16-4-3-7(5-16)6-17/h1-2,7,17H,3-6H2,(H2,15,18). The van der Waals surface area contributed by atoms with E-state index in [1.54, 1.807) is 12.1 Å². The Morgan fingerprint density at radius 2 is 2.33 bits per heavy atom. The number of anilines is 1. The molecule has 0 saturated carbocycles. The summed E-state index contributed by atoms with van der Waals surface area (Å²) in [5.41, 5.74) is 6.55. The molecule has 1 unspecified atom stereocenters. The van der Waals surface area contributed by atoms with E-state index >= 15 is 0 Å². The molecule has 18 heavy (non-hydrogen) atoms. The van der Waals surface area contributed by atoms with Crippen LogP contribution in [0.15, 0.2) is 16.6 Å². The molecule has 3 N–H and O–H groups in total. The van der Waals surface area contributed by atoms with Gasteiger partial charge in [0.1, 0.15) is 4.99 Å². The molecule has 1 fully saturated rings. The van der Waals surface area contributed by atoms with Crippen LogP contribution in [0.3, 0.4) is 0 Å². The minimum Gasteiger partial charge on any atom is -0.396 e. The van der Waals surface area contributed by atoms with E-state index in [0.717, 1.165) is 13.0 Å². The summed E-state index contributed by atoms with van der Waals surface area (Å²) in [4.78, 5) is 2.10. The number of aliphatic hydroxyl groups excluding tert-OH is 1. The normalized spacial score (nSPS) is 19.3. The summed E-state index contributed by atoms with van der Waals surface area (Å²) in [7, 11) is 0. The zero-order chi connectivity index (χ0) is 13.3. The van der Waals surface area contributed by atoms with Gasteiger partial charge in [-0.25, -0.2) is 4.39 Å². The molecule has 0 amide bonds. The van der Waals surface area contributed by atoms with Gasteiger partial charge >= 0.3 is 0 Å². The van der Waals surface area contributed by atoms with Gasteiger partial charge < -0.3 is 15.7 Å². The molecule has 1 aromatic rings. The van der Waals surface area contributed by atoms with E-state index in [1.165, 1.54) is 0 Å². The van der Waals surface area contributed by atoms with Crippen molar-refractivity contribution < 1.29 is 9.50 Å². The second kappa shape index (κ2) is 5.50. The van der Waals surface area contributed by atoms with Crippen molar-refractivity contribution in [3.8, 4) is 0 Å². The van der Waals surface area contributed by atoms with Gasteiger partial charge in [0, 0.05) is 31.2 Å². The number of halogens is 2. The summed E-state index contributed by atoms with van der Waals surface area (Å²) in [5, 5.41) is 9.11. The number of rotatable bonds is 3. The summed E-state index contributed by atoms with van der Waals surface area (Å²) >= 11 is 8.05. The van der Waals surface area contributed by atoms with Gasteiger partial charge in [-0.1, -0.05) is 12.2 Å². The van der Waals surface area contributed by atoms with Crippen LogP contribution in [0.25, 0.3) is 0 Å². The zero-order valence-electron chi connectivity index (χ0n) is 9.70. The Bertz CT molecular complexity index is 483. The van der Waals surface area contributed by atoms with Crippen molar-refractivity contribution in [2.24, 2.45) is 11.7 Å². The number of nitrogens with two attached hydrogens (primary N) is 1. The van der Waals surface area contributed by atoms with E-state index in [4.69, 9.17) is 23.1 Å². The predicted octanol–water partition coefficient (Wildman–Crippen LogP) is 2.04. The molecule has 0 aromatic heterocycles. The second-order valence-electron chi connectivity index (χ2n) is 4.41. The number of hydrogen-bond acceptors (Lipinski definition) is 3. The molecule has 1 atom stereocenters. The lowest BCUT2D eigenvalue weighted by Crippen LogP contribution is -2.22. The molecule has 0 bridgehead atoms. The Kier molecular flexibility index (Phi) is 4.19. The maximum atomic E-state index is 14.2. The monoisotopic (exact) mass is 332 g/mol. The Morgan fingerprint density at radius 3 is 2.89 bits per heavy atom. The van der Waals surface area contributed by atoms with Crippen LogP contribution >= 0.6 is 28.1 Å². The maximum Gasteiger partial charge on any atom is 0.161 e. The molecule has 98 valence electrons. The summed E-state index contributed by atoms with van der Waals surface area (Å²) in [6, 6.07) is 3.41. The van der Waals surface area contributed by atoms with Crippen LogP contribution in [0, 0.1) is 11.7 Å². The highest BCUT2D eigenvalue weighted by molar-refractivity contribution is 9.10. The van der Waals surface area contributed by atoms with Gasteiger partial charge in [0.25, 0.3) is 0 Å². The highest BCUT2D eigenvalue weighted by Gasteiger charge is 2.25. The topological polar surface area (TPSA) is 49.5 Å². The zero-order valence-corrected chi connectivity index (χ0v) is 12.1. The van der Waals surface area contributed by atoms with Crippen LogP contribution in [0.2, 0.25) is 0 Å². The van der Waals surface area contributed by atoms with Gasteiger partial charge in [-0.2, -0.15) is 0 Å². The van der Waals surface area contributed by atoms with Gasteiger partial charge in [0.2, 0.25) is 0 Å². The van der Waals surface area contributed by atoms with Gasteiger partial charge in [-0.15, -0.1) is 0 Å². The lowest BCUT2D eigenvalue weighted by molar-refractivity contribution is 0.238. The van der Waals surface area contributed by atoms with Gasteiger partial charge in [-0.05, 0) is 34.5 Å². The van der Waals surface area contributed by atoms with E-state index < -0.39 is 0 Å². The van der Waals surface area contributed by atoms with Gasteiger partial charge in [0.15, 0.2) is 5.82 Å². The molecule has 0 aliphatic carbocycles. The van der Waals surface area contributed by atoms with Crippen molar-refractivity contribution in [2.45, 2.75) is 6.42 Å². The molecular weight excluding hydrogens is 319 g/mol. The minimum atomic E-state index is -0.348. The summed E-state index contributed by atoms with van der Waals surface area (Å²) in [6.07, 6.45) is 0.880. The highest BCUT2D eigenvalue weighted by Crippen LogP contribution is 2.32. The Balaban J connectivity index is 2.30. The average molecular weight is 333 g/mol. The molecule has 1 aliphatic heterocycles. The van der Waals surface area contributed by atoms with E-state index in [-0.39, 0.29) is 23.3 Å². The fourth-order valence-corrected chi connectivity index (χ4v) is 3.02. The first-order valence-corrected chi connectivity index (χ1v) is 6.88. The fourth-order valence-electron chi connectivity index (χ4n) is 2.17. The number of nitrogens with zero attached hydrogens (tertiary/aromatic N) is 1. The van der Waals surface area contributed by atoms with Crippen molar-refractivity contribution in [1.29, 1.82) is 0 Å². The molecule has 3 nitrogen and oxygen atoms in total. The predicted molar refractivity (Wildman–Crippen MR) is 77.4 cm³/mol. The van der Waals surface area contributed by atoms with E-state index in [9.17, 15) is 4.39 Å². The highest BCUT2D eigenvalue weighted by atomic mass is 79.9. The third-order valence-corrected chi connectivity index (χ3v) is 4.21.